The highest BCUT2D eigenvalue weighted by molar-refractivity contribution is 6.34. The van der Waals surface area contributed by atoms with Crippen LogP contribution in [0.15, 0.2) is 42.5 Å². The third-order valence-corrected chi connectivity index (χ3v) is 5.07. The lowest BCUT2D eigenvalue weighted by Crippen LogP contribution is -3.12. The van der Waals surface area contributed by atoms with Gasteiger partial charge in [-0.25, -0.2) is 4.79 Å². The summed E-state index contributed by atoms with van der Waals surface area (Å²) in [6, 6.07) is 12.1. The van der Waals surface area contributed by atoms with Crippen molar-refractivity contribution in [2.45, 2.75) is 0 Å². The van der Waals surface area contributed by atoms with E-state index in [0.717, 1.165) is 31.9 Å². The van der Waals surface area contributed by atoms with Crippen LogP contribution in [0, 0.1) is 0 Å². The lowest BCUT2D eigenvalue weighted by Gasteiger charge is -2.33. The fourth-order valence-electron chi connectivity index (χ4n) is 3.12. The molecule has 7 heteroatoms. The number of quaternary nitrogens is 1. The number of amides is 1. The predicted octanol–water partition coefficient (Wildman–Crippen LogP) is 1.71. The lowest BCUT2D eigenvalue weighted by atomic mass is 10.1. The molecule has 3 rings (SSSR count). The van der Waals surface area contributed by atoms with Crippen LogP contribution in [0.4, 0.5) is 11.4 Å². The van der Waals surface area contributed by atoms with Crippen LogP contribution in [0.3, 0.4) is 0 Å². The molecule has 1 fully saturated rings. The average molecular weight is 389 g/mol. The molecule has 0 unspecified atom stereocenters. The Morgan fingerprint density at radius 1 is 1.15 bits per heavy atom. The maximum absolute atomic E-state index is 12.7. The second-order valence-electron chi connectivity index (χ2n) is 6.60. The Bertz CT molecular complexity index is 848. The van der Waals surface area contributed by atoms with Gasteiger partial charge in [0.1, 0.15) is 0 Å². The van der Waals surface area contributed by atoms with Crippen LogP contribution < -0.4 is 15.1 Å². The summed E-state index contributed by atoms with van der Waals surface area (Å²) in [5.74, 6) is -0.763. The van der Waals surface area contributed by atoms with E-state index in [1.54, 1.807) is 36.4 Å². The predicted molar refractivity (Wildman–Crippen MR) is 106 cm³/mol. The number of carbonyl (C=O) groups excluding carboxylic acids is 2. The average Bonchev–Trinajstić information content (AvgIpc) is 2.68. The molecule has 1 heterocycles. The summed E-state index contributed by atoms with van der Waals surface area (Å²) in [5, 5.41) is 3.29. The highest BCUT2D eigenvalue weighted by Crippen LogP contribution is 2.29. The molecule has 1 aliphatic rings. The number of methoxy groups -OCH3 is 1. The van der Waals surface area contributed by atoms with Crippen LogP contribution in [0.5, 0.6) is 0 Å². The Labute approximate surface area is 163 Å². The number of hydrogen-bond acceptors (Lipinski definition) is 4. The fourth-order valence-corrected chi connectivity index (χ4v) is 3.34. The van der Waals surface area contributed by atoms with E-state index in [9.17, 15) is 9.59 Å². The topological polar surface area (TPSA) is 63.1 Å². The number of ether oxygens (including phenoxy) is 1. The zero-order valence-corrected chi connectivity index (χ0v) is 16.2. The van der Waals surface area contributed by atoms with Gasteiger partial charge >= 0.3 is 5.97 Å². The standard InChI is InChI=1S/C20H22ClN3O3/c1-23-9-11-24(12-10-23)18-8-7-14(20(26)27-2)13-17(18)22-19(25)15-5-3-4-6-16(15)21/h3-8,13H,9-12H2,1-2H3,(H,22,25)/p+1. The van der Waals surface area contributed by atoms with Gasteiger partial charge in [0.2, 0.25) is 0 Å². The molecule has 1 aliphatic heterocycles. The normalized spacial score (nSPS) is 14.7. The number of halogens is 1. The SMILES string of the molecule is COC(=O)c1ccc(N2CC[NH+](C)CC2)c(NC(=O)c2ccccc2Cl)c1. The molecular formula is C20H23ClN3O3+. The highest BCUT2D eigenvalue weighted by Gasteiger charge is 2.22. The van der Waals surface area contributed by atoms with Crippen LogP contribution in [0.1, 0.15) is 20.7 Å². The molecule has 142 valence electrons. The second-order valence-corrected chi connectivity index (χ2v) is 7.01. The minimum atomic E-state index is -0.447. The highest BCUT2D eigenvalue weighted by atomic mass is 35.5. The van der Waals surface area contributed by atoms with Gasteiger partial charge in [0, 0.05) is 0 Å². The number of anilines is 2. The van der Waals surface area contributed by atoms with Crippen LogP contribution in [-0.4, -0.2) is 52.2 Å². The lowest BCUT2D eigenvalue weighted by molar-refractivity contribution is -0.880. The van der Waals surface area contributed by atoms with Gasteiger partial charge in [0.05, 0.1) is 67.9 Å². The van der Waals surface area contributed by atoms with Crippen molar-refractivity contribution in [3.63, 3.8) is 0 Å². The van der Waals surface area contributed by atoms with E-state index in [4.69, 9.17) is 16.3 Å². The number of likely N-dealkylation sites (N-methyl/N-ethyl adjacent to an activating group) is 1. The number of hydrogen-bond donors (Lipinski definition) is 2. The first-order chi connectivity index (χ1) is 13.0. The summed E-state index contributed by atoms with van der Waals surface area (Å²) in [5.41, 5.74) is 2.23. The van der Waals surface area contributed by atoms with E-state index in [2.05, 4.69) is 17.3 Å². The molecule has 0 bridgehead atoms. The van der Waals surface area contributed by atoms with Gasteiger partial charge < -0.3 is 19.9 Å². The molecule has 2 aromatic carbocycles. The Balaban J connectivity index is 1.93. The first-order valence-electron chi connectivity index (χ1n) is 8.84. The summed E-state index contributed by atoms with van der Waals surface area (Å²) in [6.07, 6.45) is 0. The zero-order valence-electron chi connectivity index (χ0n) is 15.4. The number of benzene rings is 2. The monoisotopic (exact) mass is 388 g/mol. The second kappa shape index (κ2) is 8.41. The molecule has 27 heavy (non-hydrogen) atoms. The van der Waals surface area contributed by atoms with Crippen molar-refractivity contribution in [3.05, 3.63) is 58.6 Å². The summed E-state index contributed by atoms with van der Waals surface area (Å²) < 4.78 is 4.81. The first kappa shape index (κ1) is 19.2. The van der Waals surface area contributed by atoms with Crippen molar-refractivity contribution in [1.82, 2.24) is 0 Å². The van der Waals surface area contributed by atoms with Crippen molar-refractivity contribution in [1.29, 1.82) is 0 Å². The van der Waals surface area contributed by atoms with Crippen molar-refractivity contribution >= 4 is 34.9 Å². The number of nitrogens with one attached hydrogen (secondary N) is 2. The summed E-state index contributed by atoms with van der Waals surface area (Å²) in [4.78, 5) is 28.4. The van der Waals surface area contributed by atoms with Crippen LogP contribution in [-0.2, 0) is 4.74 Å². The molecule has 1 saturated heterocycles. The van der Waals surface area contributed by atoms with Crippen LogP contribution in [0.2, 0.25) is 5.02 Å². The maximum atomic E-state index is 12.7. The van der Waals surface area contributed by atoms with E-state index in [1.807, 2.05) is 6.07 Å². The van der Waals surface area contributed by atoms with Gasteiger partial charge in [-0.3, -0.25) is 4.79 Å². The van der Waals surface area contributed by atoms with E-state index in [1.165, 1.54) is 12.0 Å². The maximum Gasteiger partial charge on any atom is 0.337 e. The van der Waals surface area contributed by atoms with Crippen LogP contribution in [0.25, 0.3) is 0 Å². The van der Waals surface area contributed by atoms with Crippen molar-refractivity contribution in [2.75, 3.05) is 50.6 Å². The molecule has 0 aromatic heterocycles. The van der Waals surface area contributed by atoms with Gasteiger partial charge in [-0.05, 0) is 30.3 Å². The fraction of sp³-hybridized carbons (Fsp3) is 0.300. The van der Waals surface area contributed by atoms with E-state index in [0.29, 0.717) is 21.8 Å². The van der Waals surface area contributed by atoms with Crippen LogP contribution >= 0.6 is 11.6 Å². The summed E-state index contributed by atoms with van der Waals surface area (Å²) in [6.45, 7) is 3.77. The Hall–Kier alpha value is -2.57. The molecule has 1 amide bonds. The number of esters is 1. The summed E-state index contributed by atoms with van der Waals surface area (Å²) in [7, 11) is 3.50. The van der Waals surface area contributed by atoms with Crippen molar-refractivity contribution in [3.8, 4) is 0 Å². The number of nitrogens with zero attached hydrogens (tertiary/aromatic N) is 1. The Morgan fingerprint density at radius 3 is 2.52 bits per heavy atom. The van der Waals surface area contributed by atoms with E-state index >= 15 is 0 Å². The quantitative estimate of drug-likeness (QED) is 0.783. The van der Waals surface area contributed by atoms with Gasteiger partial charge in [0.15, 0.2) is 0 Å². The first-order valence-corrected chi connectivity index (χ1v) is 9.22. The molecular weight excluding hydrogens is 366 g/mol. The number of piperazine rings is 1. The summed E-state index contributed by atoms with van der Waals surface area (Å²) >= 11 is 6.15. The number of carbonyl (C=O) groups is 2. The molecule has 0 spiro atoms. The smallest absolute Gasteiger partial charge is 0.337 e. The molecule has 2 N–H and O–H groups in total. The van der Waals surface area contributed by atoms with Gasteiger partial charge in [-0.1, -0.05) is 23.7 Å². The minimum Gasteiger partial charge on any atom is -0.465 e. The van der Waals surface area contributed by atoms with Crippen molar-refractivity contribution in [2.24, 2.45) is 0 Å². The third kappa shape index (κ3) is 4.40. The largest absolute Gasteiger partial charge is 0.465 e. The minimum absolute atomic E-state index is 0.316. The molecule has 0 atom stereocenters. The number of rotatable bonds is 4. The molecule has 6 nitrogen and oxygen atoms in total. The van der Waals surface area contributed by atoms with E-state index < -0.39 is 5.97 Å². The van der Waals surface area contributed by atoms with Gasteiger partial charge in [0.25, 0.3) is 5.91 Å². The zero-order chi connectivity index (χ0) is 19.4. The van der Waals surface area contributed by atoms with Gasteiger partial charge in [-0.2, -0.15) is 0 Å². The molecule has 0 aliphatic carbocycles. The third-order valence-electron chi connectivity index (χ3n) is 4.74. The molecule has 2 aromatic rings. The van der Waals surface area contributed by atoms with Crippen molar-refractivity contribution < 1.29 is 19.2 Å². The van der Waals surface area contributed by atoms with E-state index in [-0.39, 0.29) is 5.91 Å². The molecule has 0 saturated carbocycles. The van der Waals surface area contributed by atoms with Gasteiger partial charge in [-0.15, -0.1) is 0 Å². The molecule has 0 radical (unpaired) electrons. The Morgan fingerprint density at radius 2 is 1.85 bits per heavy atom. The Kier molecular flexibility index (Phi) is 5.98.